The normalized spacial score (nSPS) is 15.6. The molecule has 0 radical (unpaired) electrons. The number of rotatable bonds is 3. The van der Waals surface area contributed by atoms with Crippen molar-refractivity contribution in [3.05, 3.63) is 35.9 Å². The van der Waals surface area contributed by atoms with E-state index in [1.165, 1.54) is 0 Å². The Kier molecular flexibility index (Phi) is 2.81. The van der Waals surface area contributed by atoms with Crippen molar-refractivity contribution in [1.29, 1.82) is 0 Å². The smallest absolute Gasteiger partial charge is 0.125 e. The van der Waals surface area contributed by atoms with E-state index in [1.54, 1.807) is 24.3 Å². The second-order valence-electron chi connectivity index (χ2n) is 2.76. The van der Waals surface area contributed by atoms with Gasteiger partial charge < -0.3 is 15.9 Å². The van der Waals surface area contributed by atoms with Crippen LogP contribution < -0.4 is 5.73 Å². The van der Waals surface area contributed by atoms with Crippen molar-refractivity contribution in [2.45, 2.75) is 5.60 Å². The van der Waals surface area contributed by atoms with Crippen LogP contribution >= 0.6 is 0 Å². The molecule has 1 aromatic rings. The Morgan fingerprint density at radius 3 is 2.25 bits per heavy atom. The van der Waals surface area contributed by atoms with Gasteiger partial charge in [0.1, 0.15) is 5.60 Å². The first-order valence-electron chi connectivity index (χ1n) is 3.82. The quantitative estimate of drug-likeness (QED) is 0.585. The summed E-state index contributed by atoms with van der Waals surface area (Å²) >= 11 is 0. The Morgan fingerprint density at radius 2 is 1.83 bits per heavy atom. The standard InChI is InChI=1S/C9H13NO2/c10-6-9(12,7-11)8-4-2-1-3-5-8/h1-5,11-12H,6-7,10H2/t9-/m1/s1. The molecule has 66 valence electrons. The highest BCUT2D eigenvalue weighted by Gasteiger charge is 2.25. The topological polar surface area (TPSA) is 66.5 Å². The predicted molar refractivity (Wildman–Crippen MR) is 46.5 cm³/mol. The summed E-state index contributed by atoms with van der Waals surface area (Å²) in [6.45, 7) is -0.332. The second-order valence-corrected chi connectivity index (χ2v) is 2.76. The molecule has 3 nitrogen and oxygen atoms in total. The number of nitrogens with two attached hydrogens (primary N) is 1. The summed E-state index contributed by atoms with van der Waals surface area (Å²) in [5, 5.41) is 18.6. The average Bonchev–Trinajstić information content (AvgIpc) is 2.18. The zero-order chi connectivity index (χ0) is 9.03. The van der Waals surface area contributed by atoms with E-state index in [0.717, 1.165) is 0 Å². The van der Waals surface area contributed by atoms with E-state index in [1.807, 2.05) is 6.07 Å². The molecule has 0 aliphatic carbocycles. The molecule has 0 fully saturated rings. The molecule has 1 atom stereocenters. The molecule has 1 rings (SSSR count). The first-order chi connectivity index (χ1) is 5.73. The van der Waals surface area contributed by atoms with Gasteiger partial charge in [-0.25, -0.2) is 0 Å². The van der Waals surface area contributed by atoms with E-state index in [0.29, 0.717) is 5.56 Å². The van der Waals surface area contributed by atoms with E-state index in [2.05, 4.69) is 0 Å². The van der Waals surface area contributed by atoms with Gasteiger partial charge in [-0.15, -0.1) is 0 Å². The van der Waals surface area contributed by atoms with Crippen molar-refractivity contribution < 1.29 is 10.2 Å². The molecule has 0 heterocycles. The number of aliphatic hydroxyl groups is 2. The van der Waals surface area contributed by atoms with Crippen LogP contribution in [0.1, 0.15) is 5.56 Å². The number of aliphatic hydroxyl groups excluding tert-OH is 1. The number of hydrogen-bond acceptors (Lipinski definition) is 3. The third kappa shape index (κ3) is 1.64. The lowest BCUT2D eigenvalue weighted by Gasteiger charge is -2.24. The Labute approximate surface area is 71.5 Å². The Balaban J connectivity index is 2.95. The van der Waals surface area contributed by atoms with Crippen molar-refractivity contribution >= 4 is 0 Å². The maximum Gasteiger partial charge on any atom is 0.125 e. The average molecular weight is 167 g/mol. The lowest BCUT2D eigenvalue weighted by Crippen LogP contribution is -2.38. The SMILES string of the molecule is NC[C@@](O)(CO)c1ccccc1. The van der Waals surface area contributed by atoms with Gasteiger partial charge in [0.25, 0.3) is 0 Å². The van der Waals surface area contributed by atoms with E-state index in [9.17, 15) is 5.11 Å². The van der Waals surface area contributed by atoms with Crippen LogP contribution in [0.3, 0.4) is 0 Å². The maximum absolute atomic E-state index is 9.73. The fraction of sp³-hybridized carbons (Fsp3) is 0.333. The van der Waals surface area contributed by atoms with Crippen molar-refractivity contribution in [1.82, 2.24) is 0 Å². The molecule has 0 unspecified atom stereocenters. The van der Waals surface area contributed by atoms with Crippen molar-refractivity contribution in [3.8, 4) is 0 Å². The lowest BCUT2D eigenvalue weighted by atomic mass is 9.95. The zero-order valence-corrected chi connectivity index (χ0v) is 6.77. The summed E-state index contributed by atoms with van der Waals surface area (Å²) in [7, 11) is 0. The minimum Gasteiger partial charge on any atom is -0.393 e. The van der Waals surface area contributed by atoms with Crippen LogP contribution in [0.15, 0.2) is 30.3 Å². The van der Waals surface area contributed by atoms with Gasteiger partial charge in [-0.05, 0) is 5.56 Å². The Hall–Kier alpha value is -0.900. The highest BCUT2D eigenvalue weighted by atomic mass is 16.3. The van der Waals surface area contributed by atoms with Gasteiger partial charge in [0, 0.05) is 6.54 Å². The van der Waals surface area contributed by atoms with Crippen LogP contribution in [0.5, 0.6) is 0 Å². The lowest BCUT2D eigenvalue weighted by molar-refractivity contribution is -0.0110. The van der Waals surface area contributed by atoms with Crippen molar-refractivity contribution in [2.24, 2.45) is 5.73 Å². The van der Waals surface area contributed by atoms with Gasteiger partial charge in [-0.2, -0.15) is 0 Å². The van der Waals surface area contributed by atoms with Crippen LogP contribution in [0.25, 0.3) is 0 Å². The molecular weight excluding hydrogens is 154 g/mol. The molecule has 0 saturated carbocycles. The molecule has 0 aromatic heterocycles. The summed E-state index contributed by atoms with van der Waals surface area (Å²) in [5.41, 5.74) is 4.70. The molecule has 0 amide bonds. The number of hydrogen-bond donors (Lipinski definition) is 3. The molecule has 4 N–H and O–H groups in total. The summed E-state index contributed by atoms with van der Waals surface area (Å²) in [6.07, 6.45) is 0. The fourth-order valence-corrected chi connectivity index (χ4v) is 1.02. The molecule has 1 aromatic carbocycles. The van der Waals surface area contributed by atoms with Crippen LogP contribution in [0.4, 0.5) is 0 Å². The van der Waals surface area contributed by atoms with Gasteiger partial charge in [0.05, 0.1) is 6.61 Å². The van der Waals surface area contributed by atoms with Gasteiger partial charge in [-0.3, -0.25) is 0 Å². The molecular formula is C9H13NO2. The monoisotopic (exact) mass is 167 g/mol. The summed E-state index contributed by atoms with van der Waals surface area (Å²) < 4.78 is 0. The first-order valence-corrected chi connectivity index (χ1v) is 3.82. The van der Waals surface area contributed by atoms with Crippen LogP contribution in [0.2, 0.25) is 0 Å². The van der Waals surface area contributed by atoms with Gasteiger partial charge in [0.15, 0.2) is 0 Å². The summed E-state index contributed by atoms with van der Waals surface area (Å²) in [5.74, 6) is 0. The predicted octanol–water partition coefficient (Wildman–Crippen LogP) is -0.175. The molecule has 0 spiro atoms. The highest BCUT2D eigenvalue weighted by molar-refractivity contribution is 5.22. The van der Waals surface area contributed by atoms with E-state index < -0.39 is 5.60 Å². The van der Waals surface area contributed by atoms with E-state index in [-0.39, 0.29) is 13.2 Å². The van der Waals surface area contributed by atoms with E-state index in [4.69, 9.17) is 10.8 Å². The van der Waals surface area contributed by atoms with Crippen LogP contribution in [0, 0.1) is 0 Å². The molecule has 0 aliphatic heterocycles. The van der Waals surface area contributed by atoms with Crippen LogP contribution in [-0.2, 0) is 5.60 Å². The largest absolute Gasteiger partial charge is 0.393 e. The van der Waals surface area contributed by atoms with Crippen molar-refractivity contribution in [2.75, 3.05) is 13.2 Å². The maximum atomic E-state index is 9.73. The molecule has 0 aliphatic rings. The van der Waals surface area contributed by atoms with Gasteiger partial charge in [-0.1, -0.05) is 30.3 Å². The Morgan fingerprint density at radius 1 is 1.25 bits per heavy atom. The zero-order valence-electron chi connectivity index (χ0n) is 6.77. The van der Waals surface area contributed by atoms with E-state index >= 15 is 0 Å². The summed E-state index contributed by atoms with van der Waals surface area (Å²) in [6, 6.07) is 8.92. The van der Waals surface area contributed by atoms with Gasteiger partial charge >= 0.3 is 0 Å². The third-order valence-corrected chi connectivity index (χ3v) is 1.91. The molecule has 12 heavy (non-hydrogen) atoms. The molecule has 0 bridgehead atoms. The summed E-state index contributed by atoms with van der Waals surface area (Å²) in [4.78, 5) is 0. The second kappa shape index (κ2) is 3.67. The Bertz CT molecular complexity index is 232. The van der Waals surface area contributed by atoms with Crippen LogP contribution in [-0.4, -0.2) is 23.4 Å². The molecule has 3 heteroatoms. The van der Waals surface area contributed by atoms with Crippen molar-refractivity contribution in [3.63, 3.8) is 0 Å². The van der Waals surface area contributed by atoms with Gasteiger partial charge in [0.2, 0.25) is 0 Å². The first kappa shape index (κ1) is 9.19. The fourth-order valence-electron chi connectivity index (χ4n) is 1.02. The highest BCUT2D eigenvalue weighted by Crippen LogP contribution is 2.18. The minimum absolute atomic E-state index is 0.0213. The number of benzene rings is 1. The third-order valence-electron chi connectivity index (χ3n) is 1.91. The minimum atomic E-state index is -1.29. The molecule has 0 saturated heterocycles.